The molecule has 5 rings (SSSR count). The van der Waals surface area contributed by atoms with E-state index in [9.17, 15) is 9.18 Å². The smallest absolute Gasteiger partial charge is 0.410 e. The SMILES string of the molecule is CC1CCOc2nc(Cl)c(F)c3nc(OC[C@@]45CCCN4C[C@H](F)C5)nc(c23)N1CCN(C)C(=O)OC(C)(C)C. The average Bonchev–Trinajstić information content (AvgIpc) is 3.39. The molecule has 0 N–H and O–H groups in total. The fourth-order valence-electron chi connectivity index (χ4n) is 5.81. The number of pyridine rings is 1. The average molecular weight is 583 g/mol. The van der Waals surface area contributed by atoms with Crippen LogP contribution in [0.3, 0.4) is 0 Å². The lowest BCUT2D eigenvalue weighted by Gasteiger charge is -2.35. The maximum atomic E-state index is 15.4. The van der Waals surface area contributed by atoms with Crippen LogP contribution in [-0.4, -0.2) is 101 Å². The van der Waals surface area contributed by atoms with E-state index in [0.717, 1.165) is 19.4 Å². The number of rotatable bonds is 6. The Bertz CT molecular complexity index is 1280. The van der Waals surface area contributed by atoms with Gasteiger partial charge in [-0.05, 0) is 47.1 Å². The highest BCUT2D eigenvalue weighted by Crippen LogP contribution is 2.42. The molecule has 3 atom stereocenters. The number of aromatic nitrogens is 3. The molecule has 5 heterocycles. The van der Waals surface area contributed by atoms with E-state index >= 15 is 4.39 Å². The van der Waals surface area contributed by atoms with Crippen LogP contribution >= 0.6 is 11.6 Å². The third kappa shape index (κ3) is 5.70. The number of alkyl halides is 1. The topological polar surface area (TPSA) is 93.2 Å². The van der Waals surface area contributed by atoms with Gasteiger partial charge in [0, 0.05) is 45.6 Å². The minimum Gasteiger partial charge on any atom is -0.477 e. The quantitative estimate of drug-likeness (QED) is 0.452. The summed E-state index contributed by atoms with van der Waals surface area (Å²) in [6.45, 7) is 9.85. The standard InChI is InChI=1S/C27H37ClF2N6O4/c1-16-7-12-38-23-18-20(19(30)21(28)32-23)31-24(39-15-27-8-6-9-35(27)14-17(29)13-27)33-22(18)36(16)11-10-34(5)25(37)40-26(2,3)4/h16-17H,6-15H2,1-5H3/t16?,17-,27+/m1/s1. The first-order valence-corrected chi connectivity index (χ1v) is 14.2. The summed E-state index contributed by atoms with van der Waals surface area (Å²) >= 11 is 6.13. The molecular formula is C27H37ClF2N6O4. The molecule has 3 aliphatic rings. The van der Waals surface area contributed by atoms with E-state index in [0.29, 0.717) is 44.9 Å². The Morgan fingerprint density at radius 3 is 2.83 bits per heavy atom. The lowest BCUT2D eigenvalue weighted by Crippen LogP contribution is -2.44. The summed E-state index contributed by atoms with van der Waals surface area (Å²) < 4.78 is 47.2. The maximum Gasteiger partial charge on any atom is 0.410 e. The number of amides is 1. The highest BCUT2D eigenvalue weighted by atomic mass is 35.5. The second-order valence-electron chi connectivity index (χ2n) is 12.0. The van der Waals surface area contributed by atoms with Gasteiger partial charge in [0.05, 0.1) is 12.1 Å². The third-order valence-corrected chi connectivity index (χ3v) is 8.11. The van der Waals surface area contributed by atoms with Gasteiger partial charge in [0.15, 0.2) is 11.0 Å². The van der Waals surface area contributed by atoms with Crippen molar-refractivity contribution in [3.05, 3.63) is 11.0 Å². The minimum absolute atomic E-state index is 0.0311. The summed E-state index contributed by atoms with van der Waals surface area (Å²) in [6, 6.07) is -0.118. The Hall–Kier alpha value is -2.73. The van der Waals surface area contributed by atoms with Crippen LogP contribution in [0.4, 0.5) is 19.4 Å². The summed E-state index contributed by atoms with van der Waals surface area (Å²) in [5.41, 5.74) is -1.11. The number of likely N-dealkylation sites (N-methyl/N-ethyl adjacent to an activating group) is 1. The zero-order chi connectivity index (χ0) is 28.8. The lowest BCUT2D eigenvalue weighted by molar-refractivity contribution is 0.0302. The molecule has 0 spiro atoms. The van der Waals surface area contributed by atoms with Crippen molar-refractivity contribution in [3.8, 4) is 11.9 Å². The molecule has 2 aromatic rings. The van der Waals surface area contributed by atoms with Crippen LogP contribution in [0.15, 0.2) is 0 Å². The molecule has 2 aromatic heterocycles. The van der Waals surface area contributed by atoms with E-state index in [2.05, 4.69) is 14.9 Å². The summed E-state index contributed by atoms with van der Waals surface area (Å²) in [5.74, 6) is -0.294. The molecule has 2 saturated heterocycles. The summed E-state index contributed by atoms with van der Waals surface area (Å²) in [7, 11) is 1.66. The third-order valence-electron chi connectivity index (χ3n) is 7.86. The van der Waals surface area contributed by atoms with Crippen LogP contribution in [-0.2, 0) is 4.74 Å². The highest BCUT2D eigenvalue weighted by Gasteiger charge is 2.49. The summed E-state index contributed by atoms with van der Waals surface area (Å²) in [6.07, 6.45) is 1.42. The molecule has 3 aliphatic heterocycles. The fourth-order valence-corrected chi connectivity index (χ4v) is 5.97. The zero-order valence-corrected chi connectivity index (χ0v) is 24.4. The molecule has 0 aromatic carbocycles. The van der Waals surface area contributed by atoms with Gasteiger partial charge < -0.3 is 24.0 Å². The van der Waals surface area contributed by atoms with Crippen molar-refractivity contribution in [1.82, 2.24) is 24.8 Å². The second kappa shape index (κ2) is 10.9. The Morgan fingerprint density at radius 1 is 1.30 bits per heavy atom. The molecule has 0 bridgehead atoms. The number of halogens is 3. The molecule has 0 saturated carbocycles. The minimum atomic E-state index is -0.907. The van der Waals surface area contributed by atoms with Gasteiger partial charge in [-0.2, -0.15) is 15.0 Å². The van der Waals surface area contributed by atoms with Crippen LogP contribution < -0.4 is 14.4 Å². The van der Waals surface area contributed by atoms with Crippen LogP contribution in [0.25, 0.3) is 10.9 Å². The largest absolute Gasteiger partial charge is 0.477 e. The molecule has 1 unspecified atom stereocenters. The number of nitrogens with zero attached hydrogens (tertiary/aromatic N) is 6. The number of carbonyl (C=O) groups is 1. The number of carbonyl (C=O) groups excluding carboxylic acids is 1. The second-order valence-corrected chi connectivity index (χ2v) is 12.4. The van der Waals surface area contributed by atoms with Crippen molar-refractivity contribution in [1.29, 1.82) is 0 Å². The summed E-state index contributed by atoms with van der Waals surface area (Å²) in [5, 5.41) is -0.0781. The van der Waals surface area contributed by atoms with E-state index in [4.69, 9.17) is 30.8 Å². The number of fused-ring (bicyclic) bond motifs is 1. The van der Waals surface area contributed by atoms with E-state index < -0.39 is 29.2 Å². The van der Waals surface area contributed by atoms with Crippen molar-refractivity contribution in [3.63, 3.8) is 0 Å². The lowest BCUT2D eigenvalue weighted by atomic mass is 9.95. The molecule has 13 heteroatoms. The first-order chi connectivity index (χ1) is 18.9. The predicted molar refractivity (Wildman–Crippen MR) is 147 cm³/mol. The Balaban J connectivity index is 1.49. The van der Waals surface area contributed by atoms with Gasteiger partial charge in [-0.3, -0.25) is 4.90 Å². The van der Waals surface area contributed by atoms with E-state index in [1.165, 1.54) is 4.90 Å². The van der Waals surface area contributed by atoms with Gasteiger partial charge in [0.2, 0.25) is 5.88 Å². The summed E-state index contributed by atoms with van der Waals surface area (Å²) in [4.78, 5) is 31.4. The predicted octanol–water partition coefficient (Wildman–Crippen LogP) is 4.62. The van der Waals surface area contributed by atoms with Gasteiger partial charge in [0.1, 0.15) is 35.1 Å². The molecule has 0 radical (unpaired) electrons. The zero-order valence-electron chi connectivity index (χ0n) is 23.7. The number of hydrogen-bond acceptors (Lipinski definition) is 9. The van der Waals surface area contributed by atoms with Crippen molar-refractivity contribution in [2.75, 3.05) is 51.3 Å². The van der Waals surface area contributed by atoms with Crippen molar-refractivity contribution < 1.29 is 27.8 Å². The first kappa shape index (κ1) is 28.8. The van der Waals surface area contributed by atoms with Gasteiger partial charge in [-0.1, -0.05) is 11.6 Å². The number of ether oxygens (including phenoxy) is 3. The van der Waals surface area contributed by atoms with E-state index in [-0.39, 0.29) is 40.6 Å². The van der Waals surface area contributed by atoms with Crippen molar-refractivity contribution >= 4 is 34.4 Å². The van der Waals surface area contributed by atoms with Gasteiger partial charge in [0.25, 0.3) is 0 Å². The van der Waals surface area contributed by atoms with E-state index in [1.807, 2.05) is 32.6 Å². The molecule has 220 valence electrons. The molecule has 10 nitrogen and oxygen atoms in total. The van der Waals surface area contributed by atoms with E-state index in [1.54, 1.807) is 7.05 Å². The van der Waals surface area contributed by atoms with Crippen LogP contribution in [0.2, 0.25) is 5.15 Å². The van der Waals surface area contributed by atoms with Crippen LogP contribution in [0.1, 0.15) is 53.4 Å². The maximum absolute atomic E-state index is 15.4. The fraction of sp³-hybridized carbons (Fsp3) is 0.704. The normalized spacial score (nSPS) is 24.9. The number of anilines is 1. The van der Waals surface area contributed by atoms with Crippen molar-refractivity contribution in [2.45, 2.75) is 76.7 Å². The van der Waals surface area contributed by atoms with Crippen LogP contribution in [0.5, 0.6) is 11.9 Å². The molecule has 0 aliphatic carbocycles. The van der Waals surface area contributed by atoms with Gasteiger partial charge in [-0.15, -0.1) is 0 Å². The first-order valence-electron chi connectivity index (χ1n) is 13.8. The molecule has 40 heavy (non-hydrogen) atoms. The number of hydrogen-bond donors (Lipinski definition) is 0. The van der Waals surface area contributed by atoms with Gasteiger partial charge >= 0.3 is 12.1 Å². The monoisotopic (exact) mass is 582 g/mol. The highest BCUT2D eigenvalue weighted by molar-refractivity contribution is 6.30. The Kier molecular flexibility index (Phi) is 7.86. The van der Waals surface area contributed by atoms with Crippen LogP contribution in [0, 0.1) is 5.82 Å². The Labute approximate surface area is 237 Å². The Morgan fingerprint density at radius 2 is 2.08 bits per heavy atom. The van der Waals surface area contributed by atoms with Crippen molar-refractivity contribution in [2.24, 2.45) is 0 Å². The molecular weight excluding hydrogens is 546 g/mol. The van der Waals surface area contributed by atoms with Gasteiger partial charge in [-0.25, -0.2) is 13.6 Å². The molecule has 1 amide bonds. The molecule has 2 fully saturated rings.